The molecule has 0 saturated heterocycles. The van der Waals surface area contributed by atoms with Gasteiger partial charge in [0.15, 0.2) is 10.0 Å². The van der Waals surface area contributed by atoms with Crippen molar-refractivity contribution in [1.82, 2.24) is 24.3 Å². The Balaban J connectivity index is 1.78. The zero-order valence-corrected chi connectivity index (χ0v) is 25.1. The molecule has 1 aliphatic rings. The molecular weight excluding hydrogens is 560 g/mol. The fourth-order valence-corrected chi connectivity index (χ4v) is 7.49. The molecule has 14 heteroatoms. The van der Waals surface area contributed by atoms with Crippen molar-refractivity contribution < 1.29 is 21.9 Å². The number of benzene rings is 1. The van der Waals surface area contributed by atoms with Crippen molar-refractivity contribution in [3.05, 3.63) is 22.2 Å². The van der Waals surface area contributed by atoms with Gasteiger partial charge in [0.05, 0.1) is 15.4 Å². The lowest BCUT2D eigenvalue weighted by molar-refractivity contribution is 0.0591. The summed E-state index contributed by atoms with van der Waals surface area (Å²) in [4.78, 5) is -0.00456. The summed E-state index contributed by atoms with van der Waals surface area (Å²) >= 11 is 7.38. The molecule has 4 rings (SSSR count). The topological polar surface area (TPSA) is 90.2 Å². The van der Waals surface area contributed by atoms with Gasteiger partial charge < -0.3 is 4.74 Å². The van der Waals surface area contributed by atoms with Crippen molar-refractivity contribution in [3.63, 3.8) is 0 Å². The van der Waals surface area contributed by atoms with Gasteiger partial charge in [-0.1, -0.05) is 42.6 Å². The van der Waals surface area contributed by atoms with Gasteiger partial charge in [-0.15, -0.1) is 10.2 Å². The molecule has 0 N–H and O–H groups in total. The van der Waals surface area contributed by atoms with Crippen molar-refractivity contribution in [2.75, 3.05) is 13.3 Å². The van der Waals surface area contributed by atoms with Crippen LogP contribution in [-0.2, 0) is 14.8 Å². The Bertz CT molecular complexity index is 1400. The Morgan fingerprint density at radius 3 is 2.46 bits per heavy atom. The molecule has 0 amide bonds. The lowest BCUT2D eigenvalue weighted by Crippen LogP contribution is -2.42. The van der Waals surface area contributed by atoms with Crippen LogP contribution in [0.1, 0.15) is 51.1 Å². The fourth-order valence-electron chi connectivity index (χ4n) is 3.90. The second-order valence-corrected chi connectivity index (χ2v) is 20.0. The van der Waals surface area contributed by atoms with Crippen LogP contribution < -0.4 is 0 Å². The molecule has 1 fully saturated rings. The first kappa shape index (κ1) is 28.5. The third-order valence-electron chi connectivity index (χ3n) is 6.42. The van der Waals surface area contributed by atoms with Gasteiger partial charge in [-0.25, -0.2) is 17.2 Å². The highest BCUT2D eigenvalue weighted by Crippen LogP contribution is 2.45. The third-order valence-corrected chi connectivity index (χ3v) is 11.3. The minimum Gasteiger partial charge on any atom is -0.365 e. The molecule has 204 valence electrons. The predicted octanol–water partition coefficient (Wildman–Crippen LogP) is 6.58. The largest absolute Gasteiger partial charge is 0.365 e. The normalized spacial score (nSPS) is 16.0. The standard InChI is InChI=1S/C23H32ClF2N5O3S2Si/c1-14(2)31-19-16(18(29-31)21-27-28-22(35-21)20(25)26)11-15(12-17(19)24)36(32,33)30(23(3)7-8-23)13-34-9-10-37(4,5)6/h11-12,14,20H,7-10,13H2,1-6H3. The number of hydrogen-bond acceptors (Lipinski definition) is 7. The van der Waals surface area contributed by atoms with Crippen LogP contribution in [0.3, 0.4) is 0 Å². The number of aromatic nitrogens is 4. The lowest BCUT2D eigenvalue weighted by Gasteiger charge is -2.28. The number of rotatable bonds is 11. The van der Waals surface area contributed by atoms with E-state index in [1.165, 1.54) is 16.4 Å². The van der Waals surface area contributed by atoms with E-state index in [9.17, 15) is 17.2 Å². The lowest BCUT2D eigenvalue weighted by atomic mass is 10.2. The zero-order chi connectivity index (χ0) is 27.3. The predicted molar refractivity (Wildman–Crippen MR) is 145 cm³/mol. The van der Waals surface area contributed by atoms with E-state index in [0.29, 0.717) is 17.5 Å². The molecule has 1 aromatic carbocycles. The Morgan fingerprint density at radius 2 is 1.92 bits per heavy atom. The average Bonchev–Trinajstić information content (AvgIpc) is 3.20. The monoisotopic (exact) mass is 591 g/mol. The van der Waals surface area contributed by atoms with Gasteiger partial charge in [0, 0.05) is 31.6 Å². The minimum atomic E-state index is -4.00. The SMILES string of the molecule is CC(C)n1nc(-c2nnc(C(F)F)s2)c2cc(S(=O)(=O)N(COCC[Si](C)(C)C)C3(C)CC3)cc(Cl)c21. The number of sulfonamides is 1. The maximum absolute atomic E-state index is 13.9. The fraction of sp³-hybridized carbons (Fsp3) is 0.609. The number of nitrogens with zero attached hydrogens (tertiary/aromatic N) is 5. The summed E-state index contributed by atoms with van der Waals surface area (Å²) in [5.41, 5.74) is 0.244. The molecule has 37 heavy (non-hydrogen) atoms. The molecule has 0 bridgehead atoms. The van der Waals surface area contributed by atoms with Gasteiger partial charge in [0.1, 0.15) is 12.4 Å². The Labute approximate surface area is 226 Å². The van der Waals surface area contributed by atoms with Gasteiger partial charge in [0.25, 0.3) is 6.43 Å². The van der Waals surface area contributed by atoms with E-state index >= 15 is 0 Å². The molecule has 1 aliphatic carbocycles. The number of alkyl halides is 2. The minimum absolute atomic E-state index is 0.00456. The highest BCUT2D eigenvalue weighted by molar-refractivity contribution is 7.89. The average molecular weight is 592 g/mol. The maximum Gasteiger partial charge on any atom is 0.291 e. The number of hydrogen-bond donors (Lipinski definition) is 0. The van der Waals surface area contributed by atoms with Crippen LogP contribution in [-0.4, -0.2) is 59.7 Å². The van der Waals surface area contributed by atoms with Gasteiger partial charge in [-0.05, 0) is 51.8 Å². The summed E-state index contributed by atoms with van der Waals surface area (Å²) in [5, 5.41) is 12.4. The third kappa shape index (κ3) is 5.91. The second-order valence-electron chi connectivity index (χ2n) is 11.1. The van der Waals surface area contributed by atoms with Gasteiger partial charge in [0.2, 0.25) is 10.0 Å². The van der Waals surface area contributed by atoms with E-state index in [4.69, 9.17) is 16.3 Å². The summed E-state index contributed by atoms with van der Waals surface area (Å²) < 4.78 is 63.2. The quantitative estimate of drug-likeness (QED) is 0.142. The van der Waals surface area contributed by atoms with Crippen LogP contribution in [0.25, 0.3) is 21.6 Å². The Kier molecular flexibility index (Phi) is 7.88. The summed E-state index contributed by atoms with van der Waals surface area (Å²) in [5.74, 6) is 0. The molecule has 2 aromatic heterocycles. The van der Waals surface area contributed by atoms with E-state index in [1.54, 1.807) is 4.68 Å². The van der Waals surface area contributed by atoms with E-state index in [0.717, 1.165) is 30.2 Å². The van der Waals surface area contributed by atoms with E-state index in [1.807, 2.05) is 20.8 Å². The van der Waals surface area contributed by atoms with E-state index < -0.39 is 35.1 Å². The van der Waals surface area contributed by atoms with Crippen molar-refractivity contribution >= 4 is 51.9 Å². The molecule has 0 spiro atoms. The molecule has 2 heterocycles. The highest BCUT2D eigenvalue weighted by Gasteiger charge is 2.49. The van der Waals surface area contributed by atoms with Crippen LogP contribution in [0.15, 0.2) is 17.0 Å². The van der Waals surface area contributed by atoms with Crippen LogP contribution in [0.4, 0.5) is 8.78 Å². The number of ether oxygens (including phenoxy) is 1. The van der Waals surface area contributed by atoms with Crippen molar-refractivity contribution in [2.45, 2.75) is 82.2 Å². The first-order valence-electron chi connectivity index (χ1n) is 12.1. The van der Waals surface area contributed by atoms with Crippen molar-refractivity contribution in [2.24, 2.45) is 0 Å². The second kappa shape index (κ2) is 10.2. The molecule has 3 aromatic rings. The van der Waals surface area contributed by atoms with Gasteiger partial charge in [-0.3, -0.25) is 4.68 Å². The molecule has 0 atom stereocenters. The van der Waals surface area contributed by atoms with Gasteiger partial charge in [-0.2, -0.15) is 9.40 Å². The summed E-state index contributed by atoms with van der Waals surface area (Å²) in [6, 6.07) is 3.73. The Hall–Kier alpha value is -1.51. The molecule has 0 radical (unpaired) electrons. The highest BCUT2D eigenvalue weighted by atomic mass is 35.5. The van der Waals surface area contributed by atoms with Gasteiger partial charge >= 0.3 is 0 Å². The summed E-state index contributed by atoms with van der Waals surface area (Å²) in [7, 11) is -5.33. The summed E-state index contributed by atoms with van der Waals surface area (Å²) in [6.45, 7) is 12.9. The van der Waals surface area contributed by atoms with Crippen molar-refractivity contribution in [3.8, 4) is 10.7 Å². The smallest absolute Gasteiger partial charge is 0.291 e. The van der Waals surface area contributed by atoms with E-state index in [-0.39, 0.29) is 33.4 Å². The molecular formula is C23H32ClF2N5O3S2Si. The Morgan fingerprint density at radius 1 is 1.24 bits per heavy atom. The number of halogens is 3. The van der Waals surface area contributed by atoms with E-state index in [2.05, 4.69) is 34.9 Å². The van der Waals surface area contributed by atoms with Crippen LogP contribution in [0.2, 0.25) is 30.7 Å². The maximum atomic E-state index is 13.9. The molecule has 1 saturated carbocycles. The number of fused-ring (bicyclic) bond motifs is 1. The summed E-state index contributed by atoms with van der Waals surface area (Å²) in [6.07, 6.45) is -1.30. The van der Waals surface area contributed by atoms with Crippen LogP contribution in [0.5, 0.6) is 0 Å². The molecule has 0 unspecified atom stereocenters. The first-order valence-corrected chi connectivity index (χ1v) is 18.4. The van der Waals surface area contributed by atoms with Crippen LogP contribution >= 0.6 is 22.9 Å². The van der Waals surface area contributed by atoms with Crippen LogP contribution in [0, 0.1) is 0 Å². The first-order chi connectivity index (χ1) is 17.1. The zero-order valence-electron chi connectivity index (χ0n) is 21.8. The van der Waals surface area contributed by atoms with Crippen molar-refractivity contribution in [1.29, 1.82) is 0 Å². The molecule has 8 nitrogen and oxygen atoms in total. The molecule has 0 aliphatic heterocycles.